The van der Waals surface area contributed by atoms with Gasteiger partial charge in [0.1, 0.15) is 12.2 Å². The van der Waals surface area contributed by atoms with E-state index in [0.717, 1.165) is 30.6 Å². The highest BCUT2D eigenvalue weighted by molar-refractivity contribution is 6.18. The first-order chi connectivity index (χ1) is 7.85. The Hall–Kier alpha value is -0.570. The van der Waals surface area contributed by atoms with Gasteiger partial charge in [0.25, 0.3) is 0 Å². The van der Waals surface area contributed by atoms with Crippen molar-refractivity contribution in [1.29, 1.82) is 0 Å². The lowest BCUT2D eigenvalue weighted by Gasteiger charge is -2.20. The zero-order chi connectivity index (χ0) is 11.4. The topological polar surface area (TPSA) is 30.7 Å². The summed E-state index contributed by atoms with van der Waals surface area (Å²) in [6.45, 7) is 3.00. The molecule has 90 valence electrons. The Morgan fingerprint density at radius 3 is 2.88 bits per heavy atom. The van der Waals surface area contributed by atoms with E-state index in [0.29, 0.717) is 5.92 Å². The monoisotopic (exact) mass is 241 g/mol. The van der Waals surface area contributed by atoms with Crippen molar-refractivity contribution in [2.75, 3.05) is 5.88 Å². The summed E-state index contributed by atoms with van der Waals surface area (Å²) >= 11 is 6.10. The Labute approximate surface area is 102 Å². The molecule has 1 heterocycles. The van der Waals surface area contributed by atoms with Crippen molar-refractivity contribution >= 4 is 11.6 Å². The zero-order valence-electron chi connectivity index (χ0n) is 9.90. The second-order valence-corrected chi connectivity index (χ2v) is 4.96. The smallest absolute Gasteiger partial charge is 0.138 e. The quantitative estimate of drug-likeness (QED) is 0.743. The van der Waals surface area contributed by atoms with Gasteiger partial charge in [-0.05, 0) is 18.8 Å². The summed E-state index contributed by atoms with van der Waals surface area (Å²) in [5, 5.41) is 4.21. The van der Waals surface area contributed by atoms with E-state index in [1.807, 2.05) is 4.68 Å². The number of hydrogen-bond donors (Lipinski definition) is 0. The van der Waals surface area contributed by atoms with Crippen molar-refractivity contribution in [2.24, 2.45) is 11.8 Å². The van der Waals surface area contributed by atoms with Crippen molar-refractivity contribution in [3.63, 3.8) is 0 Å². The Morgan fingerprint density at radius 2 is 2.25 bits per heavy atom. The predicted molar refractivity (Wildman–Crippen MR) is 65.6 cm³/mol. The fourth-order valence-electron chi connectivity index (χ4n) is 2.72. The summed E-state index contributed by atoms with van der Waals surface area (Å²) in [5.41, 5.74) is 0. The van der Waals surface area contributed by atoms with Crippen LogP contribution in [0.3, 0.4) is 0 Å². The molecule has 0 aromatic carbocycles. The normalized spacial score (nSPS) is 19.1. The van der Waals surface area contributed by atoms with Crippen LogP contribution in [0.25, 0.3) is 0 Å². The lowest BCUT2D eigenvalue weighted by atomic mass is 9.89. The zero-order valence-corrected chi connectivity index (χ0v) is 10.7. The molecule has 2 rings (SSSR count). The van der Waals surface area contributed by atoms with Crippen LogP contribution < -0.4 is 0 Å². The van der Waals surface area contributed by atoms with Gasteiger partial charge in [-0.3, -0.25) is 4.68 Å². The van der Waals surface area contributed by atoms with Crippen molar-refractivity contribution < 1.29 is 0 Å². The number of hydrogen-bond acceptors (Lipinski definition) is 2. The van der Waals surface area contributed by atoms with Gasteiger partial charge >= 0.3 is 0 Å². The first kappa shape index (κ1) is 11.9. The maximum atomic E-state index is 6.10. The van der Waals surface area contributed by atoms with Crippen LogP contribution >= 0.6 is 11.6 Å². The van der Waals surface area contributed by atoms with Gasteiger partial charge in [-0.1, -0.05) is 25.7 Å². The number of aromatic nitrogens is 3. The summed E-state index contributed by atoms with van der Waals surface area (Å²) < 4.78 is 1.98. The lowest BCUT2D eigenvalue weighted by Crippen LogP contribution is -2.19. The van der Waals surface area contributed by atoms with E-state index in [1.54, 1.807) is 6.33 Å². The summed E-state index contributed by atoms with van der Waals surface area (Å²) in [4.78, 5) is 4.34. The minimum Gasteiger partial charge on any atom is -0.250 e. The van der Waals surface area contributed by atoms with Gasteiger partial charge < -0.3 is 0 Å². The second-order valence-electron chi connectivity index (χ2n) is 4.66. The molecule has 1 atom stereocenters. The molecule has 1 saturated carbocycles. The van der Waals surface area contributed by atoms with Gasteiger partial charge in [-0.25, -0.2) is 4.98 Å². The van der Waals surface area contributed by atoms with Gasteiger partial charge in [0.2, 0.25) is 0 Å². The third kappa shape index (κ3) is 2.57. The molecule has 1 aromatic heterocycles. The van der Waals surface area contributed by atoms with E-state index in [1.165, 1.54) is 25.7 Å². The average Bonchev–Trinajstić information content (AvgIpc) is 2.96. The fourth-order valence-corrected chi connectivity index (χ4v) is 3.08. The van der Waals surface area contributed by atoms with Crippen molar-refractivity contribution in [3.05, 3.63) is 12.2 Å². The minimum absolute atomic E-state index is 0.582. The summed E-state index contributed by atoms with van der Waals surface area (Å²) in [6, 6.07) is 0. The molecule has 1 aliphatic carbocycles. The van der Waals surface area contributed by atoms with Crippen LogP contribution in [-0.2, 0) is 13.0 Å². The third-order valence-electron chi connectivity index (χ3n) is 3.70. The van der Waals surface area contributed by atoms with Crippen molar-refractivity contribution in [2.45, 2.75) is 45.6 Å². The van der Waals surface area contributed by atoms with Crippen molar-refractivity contribution in [1.82, 2.24) is 14.8 Å². The Bertz CT molecular complexity index is 318. The molecule has 0 bridgehead atoms. The van der Waals surface area contributed by atoms with Gasteiger partial charge in [0.05, 0.1) is 0 Å². The maximum Gasteiger partial charge on any atom is 0.138 e. The molecule has 1 unspecified atom stereocenters. The molecule has 0 aliphatic heterocycles. The van der Waals surface area contributed by atoms with Crippen LogP contribution in [0.2, 0.25) is 0 Å². The van der Waals surface area contributed by atoms with Crippen LogP contribution in [0.15, 0.2) is 6.33 Å². The summed E-state index contributed by atoms with van der Waals surface area (Å²) in [5.74, 6) is 3.24. The van der Waals surface area contributed by atoms with E-state index in [9.17, 15) is 0 Å². The molecule has 3 nitrogen and oxygen atoms in total. The SMILES string of the molecule is CCn1ncnc1CC(CCl)C1CCCC1. The molecule has 0 radical (unpaired) electrons. The molecular weight excluding hydrogens is 222 g/mol. The molecule has 1 aromatic rings. The second kappa shape index (κ2) is 5.67. The Morgan fingerprint density at radius 1 is 1.50 bits per heavy atom. The first-order valence-corrected chi connectivity index (χ1v) is 6.81. The maximum absolute atomic E-state index is 6.10. The highest BCUT2D eigenvalue weighted by atomic mass is 35.5. The number of rotatable bonds is 5. The van der Waals surface area contributed by atoms with Gasteiger partial charge in [-0.2, -0.15) is 5.10 Å². The number of halogens is 1. The van der Waals surface area contributed by atoms with E-state index in [2.05, 4.69) is 17.0 Å². The number of nitrogens with zero attached hydrogens (tertiary/aromatic N) is 3. The predicted octanol–water partition coefficient (Wildman–Crippen LogP) is 2.89. The summed E-state index contributed by atoms with van der Waals surface area (Å²) in [6.07, 6.45) is 8.08. The standard InChI is InChI=1S/C12H20ClN3/c1-2-16-12(14-9-15-16)7-11(8-13)10-5-3-4-6-10/h9-11H,2-8H2,1H3. The molecule has 0 spiro atoms. The van der Waals surface area contributed by atoms with Gasteiger partial charge in [0, 0.05) is 18.8 Å². The van der Waals surface area contributed by atoms with Crippen LogP contribution in [0.1, 0.15) is 38.4 Å². The van der Waals surface area contributed by atoms with Crippen LogP contribution in [-0.4, -0.2) is 20.6 Å². The molecular formula is C12H20ClN3. The molecule has 4 heteroatoms. The fraction of sp³-hybridized carbons (Fsp3) is 0.833. The highest BCUT2D eigenvalue weighted by Crippen LogP contribution is 2.33. The molecule has 1 fully saturated rings. The number of aryl methyl sites for hydroxylation is 1. The molecule has 0 N–H and O–H groups in total. The van der Waals surface area contributed by atoms with E-state index in [-0.39, 0.29) is 0 Å². The van der Waals surface area contributed by atoms with E-state index >= 15 is 0 Å². The van der Waals surface area contributed by atoms with E-state index in [4.69, 9.17) is 11.6 Å². The minimum atomic E-state index is 0.582. The first-order valence-electron chi connectivity index (χ1n) is 6.27. The molecule has 16 heavy (non-hydrogen) atoms. The number of alkyl halides is 1. The molecule has 0 amide bonds. The van der Waals surface area contributed by atoms with Gasteiger partial charge in [0.15, 0.2) is 0 Å². The van der Waals surface area contributed by atoms with Gasteiger partial charge in [-0.15, -0.1) is 11.6 Å². The van der Waals surface area contributed by atoms with Crippen LogP contribution in [0.4, 0.5) is 0 Å². The highest BCUT2D eigenvalue weighted by Gasteiger charge is 2.25. The van der Waals surface area contributed by atoms with E-state index < -0.39 is 0 Å². The Kier molecular flexibility index (Phi) is 4.22. The summed E-state index contributed by atoms with van der Waals surface area (Å²) in [7, 11) is 0. The van der Waals surface area contributed by atoms with Crippen LogP contribution in [0, 0.1) is 11.8 Å². The average molecular weight is 242 g/mol. The molecule has 1 aliphatic rings. The molecule has 0 saturated heterocycles. The lowest BCUT2D eigenvalue weighted by molar-refractivity contribution is 0.357. The van der Waals surface area contributed by atoms with Crippen molar-refractivity contribution in [3.8, 4) is 0 Å². The largest absolute Gasteiger partial charge is 0.250 e. The third-order valence-corrected chi connectivity index (χ3v) is 4.10. The Balaban J connectivity index is 2.00. The van der Waals surface area contributed by atoms with Crippen LogP contribution in [0.5, 0.6) is 0 Å².